The topological polar surface area (TPSA) is 105 Å². The average molecular weight is 604 g/mol. The highest BCUT2D eigenvalue weighted by Crippen LogP contribution is 2.68. The highest BCUT2D eigenvalue weighted by Gasteiger charge is 2.60. The molecule has 4 aliphatic rings. The molecule has 7 nitrogen and oxygen atoms in total. The van der Waals surface area contributed by atoms with Crippen molar-refractivity contribution in [2.24, 2.45) is 52.1 Å². The lowest BCUT2D eigenvalue weighted by Crippen LogP contribution is -2.54. The third-order valence-corrected chi connectivity index (χ3v) is 12.0. The molecule has 246 valence electrons. The molecule has 0 spiro atoms. The van der Waals surface area contributed by atoms with Gasteiger partial charge in [-0.05, 0) is 152 Å². The molecule has 0 bridgehead atoms. The Bertz CT molecular complexity index is 1030. The Balaban J connectivity index is 1.32. The lowest BCUT2D eigenvalue weighted by atomic mass is 9.44. The predicted octanol–water partition coefficient (Wildman–Crippen LogP) is 7.37. The third-order valence-electron chi connectivity index (χ3n) is 12.0. The molecule has 4 fully saturated rings. The Labute approximate surface area is 261 Å². The van der Waals surface area contributed by atoms with E-state index < -0.39 is 29.2 Å². The summed E-state index contributed by atoms with van der Waals surface area (Å²) in [5.74, 6) is 2.98. The van der Waals surface area contributed by atoms with Gasteiger partial charge in [0.1, 0.15) is 23.3 Å². The van der Waals surface area contributed by atoms with Crippen LogP contribution in [0.4, 0.5) is 0 Å². The Morgan fingerprint density at radius 3 is 2.07 bits per heavy atom. The highest BCUT2D eigenvalue weighted by atomic mass is 16.6. The Kier molecular flexibility index (Phi) is 10.1. The molecule has 10 atom stereocenters. The fourth-order valence-electron chi connectivity index (χ4n) is 10.1. The summed E-state index contributed by atoms with van der Waals surface area (Å²) in [5, 5.41) is 0. The molecule has 0 radical (unpaired) electrons. The van der Waals surface area contributed by atoms with Crippen molar-refractivity contribution in [2.45, 2.75) is 163 Å². The minimum atomic E-state index is -0.989. The van der Waals surface area contributed by atoms with E-state index in [1.54, 1.807) is 20.8 Å². The van der Waals surface area contributed by atoms with Crippen molar-refractivity contribution in [2.75, 3.05) is 0 Å². The standard InChI is InChI=1S/C36H61NO6/c1-22(10-15-30(38)42-33(2,3)4)26-13-14-27-25-12-11-23-20-24(16-18-35(23,8)28(25)17-19-36(26,27)9)41-32(40)29(37)21-31(39)43-34(5,6)7/h22-29H,10-21,37H2,1-9H3/t22-,23-,24-,25+,26-,27+,28+,29+,35+,36-/m1/s1. The van der Waals surface area contributed by atoms with Crippen LogP contribution >= 0.6 is 0 Å². The van der Waals surface area contributed by atoms with E-state index in [-0.39, 0.29) is 23.9 Å². The van der Waals surface area contributed by atoms with Crippen LogP contribution in [0, 0.1) is 46.3 Å². The molecule has 4 saturated carbocycles. The number of carbonyl (C=O) groups is 3. The van der Waals surface area contributed by atoms with Gasteiger partial charge in [-0.3, -0.25) is 14.4 Å². The summed E-state index contributed by atoms with van der Waals surface area (Å²) in [6.45, 7) is 18.7. The van der Waals surface area contributed by atoms with Gasteiger partial charge in [0.15, 0.2) is 0 Å². The summed E-state index contributed by atoms with van der Waals surface area (Å²) in [5.41, 5.74) is 5.66. The van der Waals surface area contributed by atoms with Crippen LogP contribution in [0.3, 0.4) is 0 Å². The number of esters is 3. The second-order valence-corrected chi connectivity index (χ2v) is 17.2. The molecule has 0 unspecified atom stereocenters. The molecule has 2 N–H and O–H groups in total. The van der Waals surface area contributed by atoms with Crippen LogP contribution in [0.1, 0.15) is 139 Å². The van der Waals surface area contributed by atoms with Crippen LogP contribution in [-0.2, 0) is 28.6 Å². The second kappa shape index (κ2) is 12.6. The van der Waals surface area contributed by atoms with Crippen LogP contribution < -0.4 is 5.73 Å². The summed E-state index contributed by atoms with van der Waals surface area (Å²) < 4.78 is 16.8. The van der Waals surface area contributed by atoms with Crippen molar-refractivity contribution in [3.63, 3.8) is 0 Å². The second-order valence-electron chi connectivity index (χ2n) is 17.2. The van der Waals surface area contributed by atoms with Gasteiger partial charge in [0, 0.05) is 6.42 Å². The minimum absolute atomic E-state index is 0.0692. The van der Waals surface area contributed by atoms with Gasteiger partial charge in [-0.1, -0.05) is 20.8 Å². The van der Waals surface area contributed by atoms with E-state index in [1.165, 1.54) is 38.5 Å². The Morgan fingerprint density at radius 1 is 0.814 bits per heavy atom. The fourth-order valence-corrected chi connectivity index (χ4v) is 10.1. The van der Waals surface area contributed by atoms with E-state index in [0.717, 1.165) is 43.4 Å². The first-order valence-electron chi connectivity index (χ1n) is 17.2. The number of ether oxygens (including phenoxy) is 3. The molecule has 43 heavy (non-hydrogen) atoms. The summed E-state index contributed by atoms with van der Waals surface area (Å²) in [6.07, 6.45) is 11.6. The average Bonchev–Trinajstić information content (AvgIpc) is 3.22. The molecule has 0 aliphatic heterocycles. The van der Waals surface area contributed by atoms with Gasteiger partial charge in [0.25, 0.3) is 0 Å². The van der Waals surface area contributed by atoms with Crippen molar-refractivity contribution in [3.8, 4) is 0 Å². The quantitative estimate of drug-likeness (QED) is 0.228. The molecule has 0 heterocycles. The van der Waals surface area contributed by atoms with Crippen molar-refractivity contribution in [3.05, 3.63) is 0 Å². The van der Waals surface area contributed by atoms with Crippen LogP contribution in [0.15, 0.2) is 0 Å². The first-order chi connectivity index (χ1) is 19.8. The zero-order chi connectivity index (χ0) is 32.0. The molecular formula is C36H61NO6. The number of carbonyl (C=O) groups excluding carboxylic acids is 3. The minimum Gasteiger partial charge on any atom is -0.461 e. The van der Waals surface area contributed by atoms with Gasteiger partial charge in [-0.2, -0.15) is 0 Å². The van der Waals surface area contributed by atoms with Crippen molar-refractivity contribution in [1.82, 2.24) is 0 Å². The van der Waals surface area contributed by atoms with Crippen LogP contribution in [-0.4, -0.2) is 41.3 Å². The van der Waals surface area contributed by atoms with Gasteiger partial charge < -0.3 is 19.9 Å². The molecule has 0 aromatic rings. The summed E-state index contributed by atoms with van der Waals surface area (Å²) in [7, 11) is 0. The highest BCUT2D eigenvalue weighted by molar-refractivity contribution is 5.82. The number of hydrogen-bond acceptors (Lipinski definition) is 7. The molecule has 0 aromatic heterocycles. The van der Waals surface area contributed by atoms with E-state index in [4.69, 9.17) is 19.9 Å². The summed E-state index contributed by atoms with van der Waals surface area (Å²) in [4.78, 5) is 37.4. The fraction of sp³-hybridized carbons (Fsp3) is 0.917. The smallest absolute Gasteiger partial charge is 0.323 e. The molecule has 0 saturated heterocycles. The molecule has 4 rings (SSSR count). The molecule has 4 aliphatic carbocycles. The molecule has 0 aromatic carbocycles. The normalized spacial score (nSPS) is 37.3. The van der Waals surface area contributed by atoms with Crippen LogP contribution in [0.25, 0.3) is 0 Å². The number of fused-ring (bicyclic) bond motifs is 5. The van der Waals surface area contributed by atoms with Crippen LogP contribution in [0.2, 0.25) is 0 Å². The molecule has 7 heteroatoms. The zero-order valence-corrected chi connectivity index (χ0v) is 28.6. The number of hydrogen-bond donors (Lipinski definition) is 1. The van der Waals surface area contributed by atoms with E-state index in [9.17, 15) is 14.4 Å². The molecule has 0 amide bonds. The van der Waals surface area contributed by atoms with Crippen molar-refractivity contribution < 1.29 is 28.6 Å². The Morgan fingerprint density at radius 2 is 1.42 bits per heavy atom. The maximum absolute atomic E-state index is 12.8. The van der Waals surface area contributed by atoms with Gasteiger partial charge in [0.2, 0.25) is 0 Å². The van der Waals surface area contributed by atoms with E-state index >= 15 is 0 Å². The SMILES string of the molecule is C[C@H](CCC(=O)OC(C)(C)C)[C@H]1CC[C@H]2[C@@H]3CC[C@@H]4C[C@H](OC(=O)[C@@H](N)CC(=O)OC(C)(C)C)CC[C@]4(C)[C@H]3CC[C@]12C. The number of rotatable bonds is 8. The predicted molar refractivity (Wildman–Crippen MR) is 168 cm³/mol. The summed E-state index contributed by atoms with van der Waals surface area (Å²) in [6, 6.07) is -0.989. The largest absolute Gasteiger partial charge is 0.461 e. The van der Waals surface area contributed by atoms with Crippen molar-refractivity contribution >= 4 is 17.9 Å². The van der Waals surface area contributed by atoms with Gasteiger partial charge >= 0.3 is 17.9 Å². The first kappa shape index (κ1) is 34.2. The molecular weight excluding hydrogens is 542 g/mol. The van der Waals surface area contributed by atoms with E-state index in [1.807, 2.05) is 20.8 Å². The van der Waals surface area contributed by atoms with Gasteiger partial charge in [0.05, 0.1) is 6.42 Å². The first-order valence-corrected chi connectivity index (χ1v) is 17.2. The lowest BCUT2D eigenvalue weighted by molar-refractivity contribution is -0.167. The monoisotopic (exact) mass is 603 g/mol. The van der Waals surface area contributed by atoms with Gasteiger partial charge in [-0.15, -0.1) is 0 Å². The zero-order valence-electron chi connectivity index (χ0n) is 28.6. The maximum atomic E-state index is 12.8. The Hall–Kier alpha value is -1.63. The lowest BCUT2D eigenvalue weighted by Gasteiger charge is -2.61. The third kappa shape index (κ3) is 7.79. The van der Waals surface area contributed by atoms with E-state index in [2.05, 4.69) is 20.8 Å². The maximum Gasteiger partial charge on any atom is 0.323 e. The van der Waals surface area contributed by atoms with Gasteiger partial charge in [-0.25, -0.2) is 0 Å². The van der Waals surface area contributed by atoms with E-state index in [0.29, 0.717) is 29.6 Å². The summed E-state index contributed by atoms with van der Waals surface area (Å²) >= 11 is 0. The van der Waals surface area contributed by atoms with Crippen LogP contribution in [0.5, 0.6) is 0 Å². The number of nitrogens with two attached hydrogens (primary N) is 1. The van der Waals surface area contributed by atoms with Crippen molar-refractivity contribution in [1.29, 1.82) is 0 Å².